The van der Waals surface area contributed by atoms with Gasteiger partial charge >= 0.3 is 5.97 Å². The van der Waals surface area contributed by atoms with E-state index in [9.17, 15) is 4.79 Å². The molecule has 0 spiro atoms. The second-order valence-corrected chi connectivity index (χ2v) is 4.80. The molecule has 0 aliphatic carbocycles. The van der Waals surface area contributed by atoms with E-state index in [1.807, 2.05) is 24.4 Å². The lowest BCUT2D eigenvalue weighted by atomic mass is 10.0. The molecule has 0 radical (unpaired) electrons. The van der Waals surface area contributed by atoms with Crippen LogP contribution in [0.4, 0.5) is 0 Å². The molecule has 0 amide bonds. The molecular formula is C16H19NO2. The topological polar surface area (TPSA) is 50.2 Å². The summed E-state index contributed by atoms with van der Waals surface area (Å²) in [6, 6.07) is 10.3. The molecule has 0 bridgehead atoms. The largest absolute Gasteiger partial charge is 0.481 e. The van der Waals surface area contributed by atoms with E-state index in [0.717, 1.165) is 37.6 Å². The summed E-state index contributed by atoms with van der Waals surface area (Å²) in [5.74, 6) is -0.694. The van der Waals surface area contributed by atoms with E-state index in [-0.39, 0.29) is 6.42 Å². The van der Waals surface area contributed by atoms with Crippen LogP contribution in [0.3, 0.4) is 0 Å². The molecule has 0 saturated heterocycles. The van der Waals surface area contributed by atoms with Crippen LogP contribution in [-0.2, 0) is 11.2 Å². The van der Waals surface area contributed by atoms with E-state index in [4.69, 9.17) is 5.11 Å². The van der Waals surface area contributed by atoms with Crippen molar-refractivity contribution >= 4 is 16.9 Å². The number of pyridine rings is 1. The van der Waals surface area contributed by atoms with E-state index < -0.39 is 5.97 Å². The summed E-state index contributed by atoms with van der Waals surface area (Å²) in [6.07, 6.45) is 7.16. The number of aromatic nitrogens is 1. The van der Waals surface area contributed by atoms with Crippen molar-refractivity contribution in [2.75, 3.05) is 0 Å². The van der Waals surface area contributed by atoms with Crippen LogP contribution in [0.5, 0.6) is 0 Å². The molecule has 100 valence electrons. The number of rotatable bonds is 7. The molecule has 0 aliphatic heterocycles. The van der Waals surface area contributed by atoms with Gasteiger partial charge in [0.25, 0.3) is 0 Å². The Morgan fingerprint density at radius 3 is 2.68 bits per heavy atom. The van der Waals surface area contributed by atoms with Crippen LogP contribution < -0.4 is 0 Å². The molecule has 3 nitrogen and oxygen atoms in total. The van der Waals surface area contributed by atoms with Crippen LogP contribution in [0.25, 0.3) is 10.9 Å². The van der Waals surface area contributed by atoms with Crippen molar-refractivity contribution in [1.29, 1.82) is 0 Å². The third-order valence-electron chi connectivity index (χ3n) is 3.33. The number of carboxylic acid groups (broad SMARTS) is 1. The number of aryl methyl sites for hydroxylation is 1. The lowest BCUT2D eigenvalue weighted by Crippen LogP contribution is -1.94. The maximum atomic E-state index is 10.4. The Kier molecular flexibility index (Phi) is 4.90. The smallest absolute Gasteiger partial charge is 0.303 e. The van der Waals surface area contributed by atoms with Gasteiger partial charge in [0.05, 0.1) is 5.52 Å². The minimum atomic E-state index is -0.694. The second kappa shape index (κ2) is 6.88. The molecule has 0 aliphatic rings. The van der Waals surface area contributed by atoms with E-state index in [0.29, 0.717) is 0 Å². The number of carboxylic acids is 1. The molecule has 2 rings (SSSR count). The molecule has 3 heteroatoms. The fourth-order valence-corrected chi connectivity index (χ4v) is 2.32. The SMILES string of the molecule is O=C(O)CCCCCCc1ccnc2ccccc12. The first-order valence-electron chi connectivity index (χ1n) is 6.82. The summed E-state index contributed by atoms with van der Waals surface area (Å²) in [6.45, 7) is 0. The van der Waals surface area contributed by atoms with E-state index >= 15 is 0 Å². The van der Waals surface area contributed by atoms with Crippen molar-refractivity contribution in [3.8, 4) is 0 Å². The van der Waals surface area contributed by atoms with Gasteiger partial charge in [-0.2, -0.15) is 0 Å². The minimum absolute atomic E-state index is 0.290. The van der Waals surface area contributed by atoms with Gasteiger partial charge in [-0.05, 0) is 37.0 Å². The Labute approximate surface area is 113 Å². The van der Waals surface area contributed by atoms with Crippen molar-refractivity contribution in [2.24, 2.45) is 0 Å². The monoisotopic (exact) mass is 257 g/mol. The molecule has 2 aromatic rings. The molecule has 0 unspecified atom stereocenters. The summed E-state index contributed by atoms with van der Waals surface area (Å²) in [5.41, 5.74) is 2.38. The minimum Gasteiger partial charge on any atom is -0.481 e. The van der Waals surface area contributed by atoms with Gasteiger partial charge in [0.1, 0.15) is 0 Å². The average Bonchev–Trinajstić information content (AvgIpc) is 2.42. The van der Waals surface area contributed by atoms with Crippen LogP contribution in [0.2, 0.25) is 0 Å². The Bertz CT molecular complexity index is 546. The number of aliphatic carboxylic acids is 1. The number of nitrogens with zero attached hydrogens (tertiary/aromatic N) is 1. The van der Waals surface area contributed by atoms with Gasteiger partial charge in [0.15, 0.2) is 0 Å². The highest BCUT2D eigenvalue weighted by molar-refractivity contribution is 5.81. The zero-order valence-corrected chi connectivity index (χ0v) is 11.0. The normalized spacial score (nSPS) is 10.7. The highest BCUT2D eigenvalue weighted by Gasteiger charge is 2.01. The zero-order valence-electron chi connectivity index (χ0n) is 11.0. The highest BCUT2D eigenvalue weighted by atomic mass is 16.4. The number of unbranched alkanes of at least 4 members (excludes halogenated alkanes) is 3. The van der Waals surface area contributed by atoms with Crippen LogP contribution in [0.15, 0.2) is 36.5 Å². The summed E-state index contributed by atoms with van der Waals surface area (Å²) in [4.78, 5) is 14.7. The van der Waals surface area contributed by atoms with Gasteiger partial charge in [-0.1, -0.05) is 31.0 Å². The summed E-state index contributed by atoms with van der Waals surface area (Å²) >= 11 is 0. The maximum absolute atomic E-state index is 10.4. The Balaban J connectivity index is 1.83. The number of hydrogen-bond donors (Lipinski definition) is 1. The predicted molar refractivity (Wildman–Crippen MR) is 76.2 cm³/mol. The van der Waals surface area contributed by atoms with Crippen LogP contribution in [-0.4, -0.2) is 16.1 Å². The molecule has 19 heavy (non-hydrogen) atoms. The van der Waals surface area contributed by atoms with Crippen molar-refractivity contribution in [2.45, 2.75) is 38.5 Å². The first kappa shape index (κ1) is 13.5. The maximum Gasteiger partial charge on any atom is 0.303 e. The Hall–Kier alpha value is -1.90. The van der Waals surface area contributed by atoms with Gasteiger partial charge in [0, 0.05) is 18.0 Å². The lowest BCUT2D eigenvalue weighted by Gasteiger charge is -2.05. The molecule has 1 aromatic carbocycles. The number of hydrogen-bond acceptors (Lipinski definition) is 2. The number of benzene rings is 1. The first-order valence-corrected chi connectivity index (χ1v) is 6.82. The van der Waals surface area contributed by atoms with Crippen molar-refractivity contribution < 1.29 is 9.90 Å². The molecule has 1 aromatic heterocycles. The summed E-state index contributed by atoms with van der Waals surface area (Å²) in [5, 5.41) is 9.79. The van der Waals surface area contributed by atoms with Crippen LogP contribution in [0, 0.1) is 0 Å². The predicted octanol–water partition coefficient (Wildman–Crippen LogP) is 3.81. The quantitative estimate of drug-likeness (QED) is 0.767. The van der Waals surface area contributed by atoms with Crippen LogP contribution in [0.1, 0.15) is 37.7 Å². The second-order valence-electron chi connectivity index (χ2n) is 4.80. The van der Waals surface area contributed by atoms with Gasteiger partial charge in [-0.15, -0.1) is 0 Å². The molecule has 0 atom stereocenters. The lowest BCUT2D eigenvalue weighted by molar-refractivity contribution is -0.137. The fraction of sp³-hybridized carbons (Fsp3) is 0.375. The first-order chi connectivity index (χ1) is 9.27. The molecule has 0 fully saturated rings. The average molecular weight is 257 g/mol. The van der Waals surface area contributed by atoms with Gasteiger partial charge in [-0.25, -0.2) is 0 Å². The third-order valence-corrected chi connectivity index (χ3v) is 3.33. The molecular weight excluding hydrogens is 238 g/mol. The van der Waals surface area contributed by atoms with Gasteiger partial charge < -0.3 is 5.11 Å². The van der Waals surface area contributed by atoms with Gasteiger partial charge in [-0.3, -0.25) is 9.78 Å². The Morgan fingerprint density at radius 1 is 1.05 bits per heavy atom. The molecule has 1 N–H and O–H groups in total. The summed E-state index contributed by atoms with van der Waals surface area (Å²) < 4.78 is 0. The standard InChI is InChI=1S/C16H19NO2/c18-16(19)10-4-2-1-3-7-13-11-12-17-15-9-6-5-8-14(13)15/h5-6,8-9,11-12H,1-4,7,10H2,(H,18,19). The number of carbonyl (C=O) groups is 1. The van der Waals surface area contributed by atoms with Crippen molar-refractivity contribution in [3.63, 3.8) is 0 Å². The van der Waals surface area contributed by atoms with Crippen molar-refractivity contribution in [3.05, 3.63) is 42.1 Å². The third kappa shape index (κ3) is 4.05. The molecule has 0 saturated carbocycles. The Morgan fingerprint density at radius 2 is 1.84 bits per heavy atom. The van der Waals surface area contributed by atoms with Crippen molar-refractivity contribution in [1.82, 2.24) is 4.98 Å². The van der Waals surface area contributed by atoms with Crippen LogP contribution >= 0.6 is 0 Å². The highest BCUT2D eigenvalue weighted by Crippen LogP contribution is 2.18. The molecule has 1 heterocycles. The summed E-state index contributed by atoms with van der Waals surface area (Å²) in [7, 11) is 0. The number of fused-ring (bicyclic) bond motifs is 1. The number of para-hydroxylation sites is 1. The zero-order chi connectivity index (χ0) is 13.5. The fourth-order valence-electron chi connectivity index (χ4n) is 2.32. The van der Waals surface area contributed by atoms with E-state index in [1.54, 1.807) is 0 Å². The van der Waals surface area contributed by atoms with E-state index in [2.05, 4.69) is 17.1 Å². The van der Waals surface area contributed by atoms with Gasteiger partial charge in [0.2, 0.25) is 0 Å². The van der Waals surface area contributed by atoms with E-state index in [1.165, 1.54) is 10.9 Å².